The van der Waals surface area contributed by atoms with E-state index in [1.165, 1.54) is 18.9 Å². The molecule has 0 heterocycles. The van der Waals surface area contributed by atoms with Crippen molar-refractivity contribution < 1.29 is 18.3 Å². The highest BCUT2D eigenvalue weighted by Crippen LogP contribution is 2.27. The molecule has 124 valence electrons. The maximum atomic E-state index is 13.3. The average Bonchev–Trinajstić information content (AvgIpc) is 3.21. The van der Waals surface area contributed by atoms with Crippen molar-refractivity contribution in [1.29, 1.82) is 0 Å². The Balaban J connectivity index is 0.00000242. The van der Waals surface area contributed by atoms with Crippen molar-refractivity contribution in [3.05, 3.63) is 29.8 Å². The molecule has 0 aliphatic heterocycles. The predicted molar refractivity (Wildman–Crippen MR) is 82.3 cm³/mol. The Hall–Kier alpha value is -1.40. The Kier molecular flexibility index (Phi) is 7.55. The number of nitrogens with one attached hydrogen (secondary N) is 2. The van der Waals surface area contributed by atoms with E-state index in [1.54, 1.807) is 6.92 Å². The number of halogens is 3. The number of hydrogen-bond donors (Lipinski definition) is 2. The van der Waals surface area contributed by atoms with Crippen LogP contribution in [0.25, 0.3) is 0 Å². The van der Waals surface area contributed by atoms with Gasteiger partial charge in [-0.2, -0.15) is 0 Å². The highest BCUT2D eigenvalue weighted by Gasteiger charge is 2.20. The van der Waals surface area contributed by atoms with Crippen molar-refractivity contribution in [1.82, 2.24) is 10.6 Å². The zero-order chi connectivity index (χ0) is 15.2. The molecule has 1 aromatic carbocycles. The number of benzene rings is 1. The van der Waals surface area contributed by atoms with E-state index in [-0.39, 0.29) is 43.3 Å². The molecule has 1 aliphatic carbocycles. The van der Waals surface area contributed by atoms with E-state index in [0.717, 1.165) is 24.6 Å². The third-order valence-electron chi connectivity index (χ3n) is 3.21. The second-order valence-corrected chi connectivity index (χ2v) is 5.43. The van der Waals surface area contributed by atoms with E-state index in [4.69, 9.17) is 4.74 Å². The van der Waals surface area contributed by atoms with Crippen LogP contribution in [0.4, 0.5) is 8.78 Å². The van der Waals surface area contributed by atoms with Crippen molar-refractivity contribution in [3.8, 4) is 5.75 Å². The van der Waals surface area contributed by atoms with Gasteiger partial charge in [-0.15, -0.1) is 12.4 Å². The molecule has 1 aliphatic rings. The lowest BCUT2D eigenvalue weighted by atomic mass is 10.3. The third-order valence-corrected chi connectivity index (χ3v) is 3.21. The average molecular weight is 335 g/mol. The number of hydrogen-bond acceptors (Lipinski definition) is 3. The zero-order valence-corrected chi connectivity index (χ0v) is 13.2. The normalized spacial score (nSPS) is 14.9. The minimum absolute atomic E-state index is 0. The maximum absolute atomic E-state index is 13.3. The summed E-state index contributed by atoms with van der Waals surface area (Å²) in [6, 6.07) is 2.87. The summed E-state index contributed by atoms with van der Waals surface area (Å²) >= 11 is 0. The standard InChI is InChI=1S/C15H20F2N2O2.ClH/c1-10(19-15(20)8-18-7-11-2-3-11)9-21-14-5-4-12(16)6-13(14)17;/h4-6,10-11,18H,2-3,7-9H2,1H3,(H,19,20);1H. The van der Waals surface area contributed by atoms with Crippen molar-refractivity contribution in [2.45, 2.75) is 25.8 Å². The number of rotatable bonds is 8. The van der Waals surface area contributed by atoms with Gasteiger partial charge in [0.05, 0.1) is 12.6 Å². The van der Waals surface area contributed by atoms with Crippen LogP contribution < -0.4 is 15.4 Å². The molecule has 1 saturated carbocycles. The Morgan fingerprint density at radius 1 is 1.41 bits per heavy atom. The molecule has 2 N–H and O–H groups in total. The lowest BCUT2D eigenvalue weighted by molar-refractivity contribution is -0.121. The van der Waals surface area contributed by atoms with Crippen LogP contribution >= 0.6 is 12.4 Å². The van der Waals surface area contributed by atoms with Crippen LogP contribution in [-0.4, -0.2) is 31.6 Å². The first-order chi connectivity index (χ1) is 10.0. The van der Waals surface area contributed by atoms with Gasteiger partial charge in [-0.3, -0.25) is 4.79 Å². The SMILES string of the molecule is CC(COc1ccc(F)cc1F)NC(=O)CNCC1CC1.Cl. The van der Waals surface area contributed by atoms with Crippen LogP contribution in [0.15, 0.2) is 18.2 Å². The lowest BCUT2D eigenvalue weighted by Gasteiger charge is -2.15. The van der Waals surface area contributed by atoms with Crippen LogP contribution in [0.2, 0.25) is 0 Å². The van der Waals surface area contributed by atoms with Gasteiger partial charge in [-0.05, 0) is 44.4 Å². The molecule has 0 spiro atoms. The highest BCUT2D eigenvalue weighted by molar-refractivity contribution is 5.85. The molecule has 7 heteroatoms. The van der Waals surface area contributed by atoms with Crippen molar-refractivity contribution in [3.63, 3.8) is 0 Å². The molecule has 1 fully saturated rings. The Labute approximate surface area is 135 Å². The van der Waals surface area contributed by atoms with Crippen molar-refractivity contribution in [2.75, 3.05) is 19.7 Å². The quantitative estimate of drug-likeness (QED) is 0.767. The van der Waals surface area contributed by atoms with Gasteiger partial charge in [-0.1, -0.05) is 0 Å². The zero-order valence-electron chi connectivity index (χ0n) is 12.4. The molecule has 1 aromatic rings. The van der Waals surface area contributed by atoms with E-state index in [2.05, 4.69) is 10.6 Å². The monoisotopic (exact) mass is 334 g/mol. The van der Waals surface area contributed by atoms with Gasteiger partial charge in [0.2, 0.25) is 5.91 Å². The Bertz CT molecular complexity index is 498. The fourth-order valence-electron chi connectivity index (χ4n) is 1.89. The molecule has 1 atom stereocenters. The van der Waals surface area contributed by atoms with Gasteiger partial charge < -0.3 is 15.4 Å². The van der Waals surface area contributed by atoms with Crippen LogP contribution in [0.5, 0.6) is 5.75 Å². The number of amides is 1. The largest absolute Gasteiger partial charge is 0.488 e. The molecular weight excluding hydrogens is 314 g/mol. The minimum Gasteiger partial charge on any atom is -0.488 e. The summed E-state index contributed by atoms with van der Waals surface area (Å²) in [5.41, 5.74) is 0. The third kappa shape index (κ3) is 6.58. The first-order valence-corrected chi connectivity index (χ1v) is 7.12. The van der Waals surface area contributed by atoms with Gasteiger partial charge in [0.1, 0.15) is 12.4 Å². The van der Waals surface area contributed by atoms with Crippen molar-refractivity contribution in [2.24, 2.45) is 5.92 Å². The lowest BCUT2D eigenvalue weighted by Crippen LogP contribution is -2.42. The van der Waals surface area contributed by atoms with Crippen LogP contribution in [0, 0.1) is 17.6 Å². The van der Waals surface area contributed by atoms with Gasteiger partial charge in [0.25, 0.3) is 0 Å². The fraction of sp³-hybridized carbons (Fsp3) is 0.533. The molecule has 0 saturated heterocycles. The Morgan fingerprint density at radius 2 is 2.14 bits per heavy atom. The minimum atomic E-state index is -0.750. The Morgan fingerprint density at radius 3 is 2.77 bits per heavy atom. The second-order valence-electron chi connectivity index (χ2n) is 5.43. The summed E-state index contributed by atoms with van der Waals surface area (Å²) in [7, 11) is 0. The summed E-state index contributed by atoms with van der Waals surface area (Å²) in [5.74, 6) is -0.821. The predicted octanol–water partition coefficient (Wildman–Crippen LogP) is 2.27. The molecule has 1 amide bonds. The van der Waals surface area contributed by atoms with Gasteiger partial charge in [0.15, 0.2) is 11.6 Å². The highest BCUT2D eigenvalue weighted by atomic mass is 35.5. The van der Waals surface area contributed by atoms with Gasteiger partial charge in [0, 0.05) is 6.07 Å². The number of carbonyl (C=O) groups excluding carboxylic acids is 1. The molecule has 0 bridgehead atoms. The summed E-state index contributed by atoms with van der Waals surface area (Å²) in [6.45, 7) is 3.03. The van der Waals surface area contributed by atoms with E-state index < -0.39 is 11.6 Å². The number of ether oxygens (including phenoxy) is 1. The fourth-order valence-corrected chi connectivity index (χ4v) is 1.89. The smallest absolute Gasteiger partial charge is 0.234 e. The molecule has 22 heavy (non-hydrogen) atoms. The van der Waals surface area contributed by atoms with Crippen molar-refractivity contribution >= 4 is 18.3 Å². The van der Waals surface area contributed by atoms with Crippen LogP contribution in [0.3, 0.4) is 0 Å². The topological polar surface area (TPSA) is 50.4 Å². The maximum Gasteiger partial charge on any atom is 0.234 e. The van der Waals surface area contributed by atoms with Gasteiger partial charge >= 0.3 is 0 Å². The molecule has 0 radical (unpaired) electrons. The summed E-state index contributed by atoms with van der Waals surface area (Å²) < 4.78 is 31.3. The second kappa shape index (κ2) is 8.90. The molecule has 1 unspecified atom stereocenters. The molecule has 2 rings (SSSR count). The van der Waals surface area contributed by atoms with E-state index in [1.807, 2.05) is 0 Å². The first kappa shape index (κ1) is 18.6. The molecule has 0 aromatic heterocycles. The first-order valence-electron chi connectivity index (χ1n) is 7.12. The number of carbonyl (C=O) groups is 1. The molecular formula is C15H21ClF2N2O2. The summed E-state index contributed by atoms with van der Waals surface area (Å²) in [6.07, 6.45) is 2.48. The van der Waals surface area contributed by atoms with E-state index in [0.29, 0.717) is 0 Å². The van der Waals surface area contributed by atoms with Gasteiger partial charge in [-0.25, -0.2) is 8.78 Å². The van der Waals surface area contributed by atoms with Crippen LogP contribution in [0.1, 0.15) is 19.8 Å². The van der Waals surface area contributed by atoms with Crippen LogP contribution in [-0.2, 0) is 4.79 Å². The van der Waals surface area contributed by atoms with E-state index in [9.17, 15) is 13.6 Å². The summed E-state index contributed by atoms with van der Waals surface area (Å²) in [4.78, 5) is 11.6. The molecule has 4 nitrogen and oxygen atoms in total. The summed E-state index contributed by atoms with van der Waals surface area (Å²) in [5, 5.41) is 5.84. The van der Waals surface area contributed by atoms with E-state index >= 15 is 0 Å².